The molecule has 0 N–H and O–H groups in total. The van der Waals surface area contributed by atoms with Crippen LogP contribution in [0.5, 0.6) is 11.6 Å². The highest BCUT2D eigenvalue weighted by atomic mass is 79.9. The molecule has 6 heteroatoms. The predicted octanol–water partition coefficient (Wildman–Crippen LogP) is 4.19. The molecule has 19 heavy (non-hydrogen) atoms. The van der Waals surface area contributed by atoms with Gasteiger partial charge in [-0.2, -0.15) is 4.98 Å². The minimum Gasteiger partial charge on any atom is -0.439 e. The molecule has 0 aliphatic heterocycles. The van der Waals surface area contributed by atoms with E-state index in [4.69, 9.17) is 4.74 Å². The van der Waals surface area contributed by atoms with Crippen molar-refractivity contribution in [1.29, 1.82) is 0 Å². The molecule has 0 amide bonds. The van der Waals surface area contributed by atoms with E-state index in [1.807, 2.05) is 0 Å². The number of aromatic nitrogens is 2. The Morgan fingerprint density at radius 3 is 2.37 bits per heavy atom. The summed E-state index contributed by atoms with van der Waals surface area (Å²) in [6.07, 6.45) is 2.12. The summed E-state index contributed by atoms with van der Waals surface area (Å²) < 4.78 is 32.1. The Morgan fingerprint density at radius 1 is 1.05 bits per heavy atom. The topological polar surface area (TPSA) is 35.0 Å². The number of hydrogen-bond acceptors (Lipinski definition) is 3. The maximum absolute atomic E-state index is 13.1. The summed E-state index contributed by atoms with van der Waals surface area (Å²) in [5.74, 6) is 0.0278. The van der Waals surface area contributed by atoms with Crippen LogP contribution in [0.2, 0.25) is 0 Å². The fourth-order valence-electron chi connectivity index (χ4n) is 1.70. The highest BCUT2D eigenvalue weighted by Gasteiger charge is 2.27. The summed E-state index contributed by atoms with van der Waals surface area (Å²) in [7, 11) is 0. The number of hydrogen-bond donors (Lipinski definition) is 0. The normalized spacial score (nSPS) is 14.5. The van der Waals surface area contributed by atoms with Crippen molar-refractivity contribution in [1.82, 2.24) is 9.97 Å². The number of nitrogens with zero attached hydrogens (tertiary/aromatic N) is 2. The van der Waals surface area contributed by atoms with Gasteiger partial charge in [0.25, 0.3) is 0 Å². The van der Waals surface area contributed by atoms with E-state index in [1.54, 1.807) is 6.07 Å². The minimum atomic E-state index is -0.689. The van der Waals surface area contributed by atoms with E-state index in [-0.39, 0.29) is 11.6 Å². The SMILES string of the molecule is Fc1cc(F)cc(Oc2cc(Br)nc(C3CC3)n2)c1. The van der Waals surface area contributed by atoms with Crippen molar-refractivity contribution >= 4 is 15.9 Å². The van der Waals surface area contributed by atoms with Gasteiger partial charge in [-0.1, -0.05) is 0 Å². The van der Waals surface area contributed by atoms with Gasteiger partial charge in [0.15, 0.2) is 0 Å². The molecule has 0 saturated heterocycles. The molecule has 1 aromatic carbocycles. The standard InChI is InChI=1S/C13H9BrF2N2O/c14-11-6-12(18-13(17-11)7-1-2-7)19-10-4-8(15)3-9(16)5-10/h3-7H,1-2H2. The van der Waals surface area contributed by atoms with Crippen LogP contribution in [0.15, 0.2) is 28.9 Å². The third kappa shape index (κ3) is 3.07. The third-order valence-corrected chi connectivity index (χ3v) is 3.10. The quantitative estimate of drug-likeness (QED) is 0.793. The van der Waals surface area contributed by atoms with Gasteiger partial charge in [0.2, 0.25) is 5.88 Å². The summed E-state index contributed by atoms with van der Waals surface area (Å²) in [6.45, 7) is 0. The average Bonchev–Trinajstić information content (AvgIpc) is 3.09. The van der Waals surface area contributed by atoms with E-state index in [0.717, 1.165) is 31.0 Å². The van der Waals surface area contributed by atoms with Crippen molar-refractivity contribution in [2.45, 2.75) is 18.8 Å². The summed E-state index contributed by atoms with van der Waals surface area (Å²) >= 11 is 3.27. The Morgan fingerprint density at radius 2 is 1.74 bits per heavy atom. The predicted molar refractivity (Wildman–Crippen MR) is 68.1 cm³/mol. The second-order valence-electron chi connectivity index (χ2n) is 4.37. The van der Waals surface area contributed by atoms with Gasteiger partial charge in [0.1, 0.15) is 27.8 Å². The van der Waals surface area contributed by atoms with Crippen molar-refractivity contribution in [3.8, 4) is 11.6 Å². The molecule has 1 aliphatic rings. The first-order valence-corrected chi connectivity index (χ1v) is 6.58. The second kappa shape index (κ2) is 4.85. The molecule has 1 saturated carbocycles. The number of rotatable bonds is 3. The van der Waals surface area contributed by atoms with Crippen molar-refractivity contribution in [3.63, 3.8) is 0 Å². The van der Waals surface area contributed by atoms with Crippen LogP contribution in [-0.4, -0.2) is 9.97 Å². The van der Waals surface area contributed by atoms with E-state index < -0.39 is 11.6 Å². The third-order valence-electron chi connectivity index (χ3n) is 2.69. The van der Waals surface area contributed by atoms with Crippen LogP contribution in [0, 0.1) is 11.6 Å². The van der Waals surface area contributed by atoms with Crippen molar-refractivity contribution < 1.29 is 13.5 Å². The average molecular weight is 327 g/mol. The lowest BCUT2D eigenvalue weighted by Gasteiger charge is -2.07. The van der Waals surface area contributed by atoms with Crippen LogP contribution in [0.4, 0.5) is 8.78 Å². The van der Waals surface area contributed by atoms with Gasteiger partial charge in [-0.05, 0) is 28.8 Å². The van der Waals surface area contributed by atoms with Crippen molar-refractivity contribution in [2.75, 3.05) is 0 Å². The molecule has 1 aliphatic carbocycles. The zero-order chi connectivity index (χ0) is 13.4. The van der Waals surface area contributed by atoms with Gasteiger partial charge in [-0.3, -0.25) is 0 Å². The first-order chi connectivity index (χ1) is 9.10. The van der Waals surface area contributed by atoms with Crippen LogP contribution < -0.4 is 4.74 Å². The summed E-state index contributed by atoms with van der Waals surface area (Å²) in [5, 5.41) is 0. The Kier molecular flexibility index (Phi) is 3.18. The molecule has 0 atom stereocenters. The number of benzene rings is 1. The molecule has 3 rings (SSSR count). The first-order valence-electron chi connectivity index (χ1n) is 5.78. The maximum atomic E-state index is 13.1. The minimum absolute atomic E-state index is 0.0739. The molecule has 2 aromatic rings. The molecule has 1 heterocycles. The van der Waals surface area contributed by atoms with Crippen LogP contribution >= 0.6 is 15.9 Å². The molecule has 1 aromatic heterocycles. The number of halogens is 3. The Bertz CT molecular complexity index is 612. The molecule has 98 valence electrons. The maximum Gasteiger partial charge on any atom is 0.223 e. The van der Waals surface area contributed by atoms with Gasteiger partial charge in [0.05, 0.1) is 0 Å². The van der Waals surface area contributed by atoms with Gasteiger partial charge in [0, 0.05) is 30.2 Å². The fourth-order valence-corrected chi connectivity index (χ4v) is 2.08. The number of ether oxygens (including phenoxy) is 1. The lowest BCUT2D eigenvalue weighted by Crippen LogP contribution is -1.97. The van der Waals surface area contributed by atoms with Crippen molar-refractivity contribution in [3.05, 3.63) is 46.3 Å². The zero-order valence-electron chi connectivity index (χ0n) is 9.74. The van der Waals surface area contributed by atoms with Crippen LogP contribution in [-0.2, 0) is 0 Å². The fraction of sp³-hybridized carbons (Fsp3) is 0.231. The Hall–Kier alpha value is -1.56. The van der Waals surface area contributed by atoms with Crippen LogP contribution in [0.3, 0.4) is 0 Å². The molecule has 0 spiro atoms. The van der Waals surface area contributed by atoms with Crippen LogP contribution in [0.25, 0.3) is 0 Å². The summed E-state index contributed by atoms with van der Waals surface area (Å²) in [5.41, 5.74) is 0. The molecule has 3 nitrogen and oxygen atoms in total. The Balaban J connectivity index is 1.89. The molecule has 0 unspecified atom stereocenters. The molecule has 0 bridgehead atoms. The highest BCUT2D eigenvalue weighted by molar-refractivity contribution is 9.10. The van der Waals surface area contributed by atoms with Gasteiger partial charge in [-0.15, -0.1) is 0 Å². The Labute approximate surface area is 116 Å². The first kappa shape index (κ1) is 12.5. The monoisotopic (exact) mass is 326 g/mol. The van der Waals surface area contributed by atoms with Gasteiger partial charge < -0.3 is 4.74 Å². The highest BCUT2D eigenvalue weighted by Crippen LogP contribution is 2.39. The van der Waals surface area contributed by atoms with Crippen molar-refractivity contribution in [2.24, 2.45) is 0 Å². The second-order valence-corrected chi connectivity index (χ2v) is 5.18. The summed E-state index contributed by atoms with van der Waals surface area (Å²) in [4.78, 5) is 8.49. The van der Waals surface area contributed by atoms with E-state index in [9.17, 15) is 8.78 Å². The lowest BCUT2D eigenvalue weighted by atomic mass is 10.3. The zero-order valence-corrected chi connectivity index (χ0v) is 11.3. The van der Waals surface area contributed by atoms with E-state index in [1.165, 1.54) is 0 Å². The molecule has 1 fully saturated rings. The smallest absolute Gasteiger partial charge is 0.223 e. The van der Waals surface area contributed by atoms with E-state index >= 15 is 0 Å². The molecule has 0 radical (unpaired) electrons. The molecular weight excluding hydrogens is 318 g/mol. The van der Waals surface area contributed by atoms with E-state index in [2.05, 4.69) is 25.9 Å². The lowest BCUT2D eigenvalue weighted by molar-refractivity contribution is 0.447. The van der Waals surface area contributed by atoms with Crippen LogP contribution in [0.1, 0.15) is 24.6 Å². The molecular formula is C13H9BrF2N2O. The van der Waals surface area contributed by atoms with Gasteiger partial charge >= 0.3 is 0 Å². The van der Waals surface area contributed by atoms with Gasteiger partial charge in [-0.25, -0.2) is 13.8 Å². The summed E-state index contributed by atoms with van der Waals surface area (Å²) in [6, 6.07) is 4.57. The van der Waals surface area contributed by atoms with E-state index in [0.29, 0.717) is 16.3 Å². The largest absolute Gasteiger partial charge is 0.439 e.